The summed E-state index contributed by atoms with van der Waals surface area (Å²) in [7, 11) is -4.08. The molecule has 0 radical (unpaired) electrons. The molecule has 1 rings (SSSR count). The van der Waals surface area contributed by atoms with Gasteiger partial charge >= 0.3 is 5.97 Å². The van der Waals surface area contributed by atoms with Crippen LogP contribution in [0.5, 0.6) is 0 Å². The summed E-state index contributed by atoms with van der Waals surface area (Å²) in [4.78, 5) is 14.5. The van der Waals surface area contributed by atoms with E-state index in [1.807, 2.05) is 0 Å². The molecule has 0 amide bonds. The molecular formula is C11H15FN2O4S. The minimum Gasteiger partial charge on any atom is -0.453 e. The molecule has 0 aromatic carbocycles. The van der Waals surface area contributed by atoms with Crippen molar-refractivity contribution in [3.63, 3.8) is 0 Å². The van der Waals surface area contributed by atoms with Crippen LogP contribution in [0.1, 0.15) is 32.1 Å². The Hall–Kier alpha value is -1.54. The molecule has 1 aromatic heterocycles. The lowest BCUT2D eigenvalue weighted by atomic mass is 10.1. The zero-order chi connectivity index (χ0) is 14.6. The van der Waals surface area contributed by atoms with Gasteiger partial charge in [0.05, 0.1) is 0 Å². The molecule has 2 N–H and O–H groups in total. The van der Waals surface area contributed by atoms with E-state index in [1.54, 1.807) is 6.92 Å². The van der Waals surface area contributed by atoms with Crippen LogP contribution in [0.4, 0.5) is 4.39 Å². The van der Waals surface area contributed by atoms with Crippen LogP contribution in [0.3, 0.4) is 0 Å². The fourth-order valence-corrected chi connectivity index (χ4v) is 2.28. The first-order valence-corrected chi connectivity index (χ1v) is 7.11. The van der Waals surface area contributed by atoms with E-state index >= 15 is 0 Å². The van der Waals surface area contributed by atoms with Crippen molar-refractivity contribution in [2.45, 2.75) is 37.4 Å². The van der Waals surface area contributed by atoms with E-state index < -0.39 is 28.3 Å². The van der Waals surface area contributed by atoms with Crippen LogP contribution in [-0.4, -0.2) is 25.5 Å². The number of hydrogen-bond donors (Lipinski definition) is 1. The Morgan fingerprint density at radius 2 is 2.21 bits per heavy atom. The maximum absolute atomic E-state index is 13.9. The highest BCUT2D eigenvalue weighted by molar-refractivity contribution is 7.89. The van der Waals surface area contributed by atoms with Gasteiger partial charge in [-0.2, -0.15) is 0 Å². The Bertz CT molecular complexity index is 562. The lowest BCUT2D eigenvalue weighted by Crippen LogP contribution is -2.24. The molecule has 2 atom stereocenters. The number of hydrogen-bond acceptors (Lipinski definition) is 5. The molecule has 19 heavy (non-hydrogen) atoms. The maximum atomic E-state index is 13.9. The Morgan fingerprint density at radius 3 is 2.68 bits per heavy atom. The van der Waals surface area contributed by atoms with Gasteiger partial charge in [0.1, 0.15) is 16.8 Å². The number of ether oxygens (including phenoxy) is 1. The van der Waals surface area contributed by atoms with E-state index in [2.05, 4.69) is 4.98 Å². The molecule has 0 bridgehead atoms. The molecule has 0 fully saturated rings. The van der Waals surface area contributed by atoms with Crippen molar-refractivity contribution in [2.24, 2.45) is 5.14 Å². The normalized spacial score (nSPS) is 14.7. The molecule has 6 nitrogen and oxygen atoms in total. The minimum atomic E-state index is -4.08. The summed E-state index contributed by atoms with van der Waals surface area (Å²) in [5.41, 5.74) is -0.199. The lowest BCUT2D eigenvalue weighted by Gasteiger charge is -2.21. The zero-order valence-electron chi connectivity index (χ0n) is 10.5. The van der Waals surface area contributed by atoms with E-state index in [0.29, 0.717) is 0 Å². The highest BCUT2D eigenvalue weighted by Crippen LogP contribution is 2.28. The first kappa shape index (κ1) is 15.5. The van der Waals surface area contributed by atoms with Gasteiger partial charge in [-0.05, 0) is 18.6 Å². The Kier molecular flexibility index (Phi) is 4.96. The third-order valence-electron chi connectivity index (χ3n) is 2.39. The predicted octanol–water partition coefficient (Wildman–Crippen LogP) is 1.08. The van der Waals surface area contributed by atoms with Crippen LogP contribution in [0.15, 0.2) is 23.2 Å². The summed E-state index contributed by atoms with van der Waals surface area (Å²) in [6.07, 6.45) is -1.64. The fraction of sp³-hybridized carbons (Fsp3) is 0.455. The van der Waals surface area contributed by atoms with Crippen LogP contribution in [0.25, 0.3) is 0 Å². The molecular weight excluding hydrogens is 275 g/mol. The van der Waals surface area contributed by atoms with E-state index in [0.717, 1.165) is 6.92 Å². The number of alkyl halides is 1. The number of rotatable bonds is 5. The van der Waals surface area contributed by atoms with Crippen LogP contribution in [-0.2, 0) is 19.6 Å². The van der Waals surface area contributed by atoms with E-state index in [-0.39, 0.29) is 17.0 Å². The summed E-state index contributed by atoms with van der Waals surface area (Å²) in [6.45, 7) is 2.65. The van der Waals surface area contributed by atoms with Gasteiger partial charge in [0.2, 0.25) is 10.0 Å². The number of pyridine rings is 1. The molecule has 0 aliphatic rings. The van der Waals surface area contributed by atoms with Gasteiger partial charge in [0.25, 0.3) is 0 Å². The second kappa shape index (κ2) is 6.07. The van der Waals surface area contributed by atoms with Crippen LogP contribution in [0.2, 0.25) is 0 Å². The van der Waals surface area contributed by atoms with Crippen molar-refractivity contribution in [2.75, 3.05) is 0 Å². The number of nitrogens with two attached hydrogens (primary N) is 1. The fourth-order valence-electron chi connectivity index (χ4n) is 1.55. The number of carbonyl (C=O) groups excluding carboxylic acids is 1. The highest BCUT2D eigenvalue weighted by atomic mass is 32.2. The monoisotopic (exact) mass is 290 g/mol. The van der Waals surface area contributed by atoms with Crippen LogP contribution in [0, 0.1) is 0 Å². The Labute approximate surface area is 110 Å². The second-order valence-corrected chi connectivity index (χ2v) is 5.42. The number of nitrogens with zero attached hydrogens (tertiary/aromatic N) is 1. The van der Waals surface area contributed by atoms with Crippen LogP contribution >= 0.6 is 0 Å². The summed E-state index contributed by atoms with van der Waals surface area (Å²) in [5, 5.41) is 5.04. The van der Waals surface area contributed by atoms with E-state index in [1.165, 1.54) is 18.3 Å². The molecule has 0 aliphatic heterocycles. The molecule has 1 aromatic rings. The molecule has 106 valence electrons. The van der Waals surface area contributed by atoms with Gasteiger partial charge in [-0.3, -0.25) is 9.78 Å². The molecule has 0 saturated heterocycles. The molecule has 1 heterocycles. The van der Waals surface area contributed by atoms with Gasteiger partial charge in [-0.25, -0.2) is 17.9 Å². The zero-order valence-corrected chi connectivity index (χ0v) is 11.4. The average molecular weight is 290 g/mol. The molecule has 2 unspecified atom stereocenters. The number of carbonyl (C=O) groups is 1. The van der Waals surface area contributed by atoms with Crippen molar-refractivity contribution in [1.29, 1.82) is 0 Å². The summed E-state index contributed by atoms with van der Waals surface area (Å²) < 4.78 is 41.5. The number of aromatic nitrogens is 1. The van der Waals surface area contributed by atoms with Crippen molar-refractivity contribution in [1.82, 2.24) is 4.98 Å². The van der Waals surface area contributed by atoms with Gasteiger partial charge < -0.3 is 4.74 Å². The van der Waals surface area contributed by atoms with Crippen molar-refractivity contribution < 1.29 is 22.3 Å². The van der Waals surface area contributed by atoms with E-state index in [9.17, 15) is 17.6 Å². The summed E-state index contributed by atoms with van der Waals surface area (Å²) in [6, 6.07) is 2.55. The smallest absolute Gasteiger partial charge is 0.303 e. The maximum Gasteiger partial charge on any atom is 0.303 e. The van der Waals surface area contributed by atoms with Crippen molar-refractivity contribution >= 4 is 16.0 Å². The van der Waals surface area contributed by atoms with Crippen LogP contribution < -0.4 is 5.14 Å². The summed E-state index contributed by atoms with van der Waals surface area (Å²) >= 11 is 0. The SMILES string of the molecule is CCC(F)C(OC(C)=O)c1ncccc1S(N)(=O)=O. The molecule has 0 spiro atoms. The number of halogens is 1. The largest absolute Gasteiger partial charge is 0.453 e. The molecule has 8 heteroatoms. The van der Waals surface area contributed by atoms with Crippen molar-refractivity contribution in [3.05, 3.63) is 24.0 Å². The van der Waals surface area contributed by atoms with Gasteiger partial charge in [-0.15, -0.1) is 0 Å². The number of esters is 1. The number of primary sulfonamides is 1. The first-order valence-electron chi connectivity index (χ1n) is 5.56. The van der Waals surface area contributed by atoms with E-state index in [4.69, 9.17) is 9.88 Å². The first-order chi connectivity index (χ1) is 8.77. The highest BCUT2D eigenvalue weighted by Gasteiger charge is 2.31. The Balaban J connectivity index is 3.34. The minimum absolute atomic E-state index is 0.0403. The molecule has 0 saturated carbocycles. The topological polar surface area (TPSA) is 99.3 Å². The van der Waals surface area contributed by atoms with Gasteiger partial charge in [-0.1, -0.05) is 6.92 Å². The second-order valence-electron chi connectivity index (χ2n) is 3.89. The summed E-state index contributed by atoms with van der Waals surface area (Å²) in [5.74, 6) is -0.730. The Morgan fingerprint density at radius 1 is 1.58 bits per heavy atom. The van der Waals surface area contributed by atoms with Crippen molar-refractivity contribution in [3.8, 4) is 0 Å². The van der Waals surface area contributed by atoms with Gasteiger partial charge in [0, 0.05) is 13.1 Å². The lowest BCUT2D eigenvalue weighted by molar-refractivity contribution is -0.150. The average Bonchev–Trinajstić information content (AvgIpc) is 2.34. The molecule has 0 aliphatic carbocycles. The number of sulfonamides is 1. The van der Waals surface area contributed by atoms with Gasteiger partial charge in [0.15, 0.2) is 6.10 Å². The standard InChI is InChI=1S/C11H15FN2O4S/c1-3-8(12)11(18-7(2)15)10-9(19(13,16)17)5-4-6-14-10/h4-6,8,11H,3H2,1-2H3,(H2,13,16,17). The predicted molar refractivity (Wildman–Crippen MR) is 65.3 cm³/mol. The quantitative estimate of drug-likeness (QED) is 0.818. The third kappa shape index (κ3) is 3.97. The third-order valence-corrected chi connectivity index (χ3v) is 3.35.